The van der Waals surface area contributed by atoms with Gasteiger partial charge in [0.25, 0.3) is 0 Å². The molecule has 1 aromatic carbocycles. The van der Waals surface area contributed by atoms with Gasteiger partial charge in [0.1, 0.15) is 5.84 Å². The van der Waals surface area contributed by atoms with Crippen molar-refractivity contribution in [1.82, 2.24) is 4.90 Å². The molecule has 0 unspecified atom stereocenters. The molecule has 0 aromatic heterocycles. The highest BCUT2D eigenvalue weighted by Gasteiger charge is 2.12. The highest BCUT2D eigenvalue weighted by Crippen LogP contribution is 2.13. The average Bonchev–Trinajstić information content (AvgIpc) is 2.45. The standard InChI is InChI=1S/C13H19F2N3O2/c1-20-8-7-18(6-5-12(16)17-19)9-10-3-2-4-11(14)13(10)15/h2-4,19H,5-9H2,1H3,(H2,16,17). The molecule has 0 saturated carbocycles. The first-order valence-electron chi connectivity index (χ1n) is 6.19. The molecular formula is C13H19F2N3O2. The molecule has 0 amide bonds. The maximum atomic E-state index is 13.6. The zero-order valence-electron chi connectivity index (χ0n) is 11.4. The number of amidine groups is 1. The van der Waals surface area contributed by atoms with E-state index in [4.69, 9.17) is 15.7 Å². The van der Waals surface area contributed by atoms with Gasteiger partial charge >= 0.3 is 0 Å². The first kappa shape index (κ1) is 16.3. The Bertz CT molecular complexity index is 455. The molecule has 0 fully saturated rings. The molecule has 0 spiro atoms. The molecule has 1 aromatic rings. The second-order valence-corrected chi connectivity index (χ2v) is 4.32. The molecule has 0 aliphatic heterocycles. The molecule has 0 saturated heterocycles. The van der Waals surface area contributed by atoms with Crippen molar-refractivity contribution in [2.75, 3.05) is 26.8 Å². The van der Waals surface area contributed by atoms with Crippen LogP contribution in [0.3, 0.4) is 0 Å². The van der Waals surface area contributed by atoms with Gasteiger partial charge in [-0.2, -0.15) is 0 Å². The molecule has 0 radical (unpaired) electrons. The molecule has 0 bridgehead atoms. The van der Waals surface area contributed by atoms with Crippen molar-refractivity contribution in [2.24, 2.45) is 10.9 Å². The van der Waals surface area contributed by atoms with Gasteiger partial charge in [-0.15, -0.1) is 0 Å². The Hall–Kier alpha value is -1.73. The lowest BCUT2D eigenvalue weighted by molar-refractivity contribution is 0.144. The Labute approximate surface area is 116 Å². The zero-order chi connectivity index (χ0) is 15.0. The normalized spacial score (nSPS) is 12.1. The van der Waals surface area contributed by atoms with Gasteiger partial charge in [-0.1, -0.05) is 17.3 Å². The molecule has 0 aliphatic carbocycles. The molecular weight excluding hydrogens is 268 g/mol. The largest absolute Gasteiger partial charge is 0.409 e. The van der Waals surface area contributed by atoms with Gasteiger partial charge in [-0.05, 0) is 6.07 Å². The lowest BCUT2D eigenvalue weighted by Gasteiger charge is -2.22. The Morgan fingerprint density at radius 2 is 2.15 bits per heavy atom. The van der Waals surface area contributed by atoms with Crippen molar-refractivity contribution in [3.05, 3.63) is 35.4 Å². The first-order chi connectivity index (χ1) is 9.58. The van der Waals surface area contributed by atoms with Crippen LogP contribution in [0.25, 0.3) is 0 Å². The van der Waals surface area contributed by atoms with Gasteiger partial charge in [0.15, 0.2) is 11.6 Å². The van der Waals surface area contributed by atoms with Crippen LogP contribution < -0.4 is 5.73 Å². The quantitative estimate of drug-likeness (QED) is 0.329. The minimum atomic E-state index is -0.870. The van der Waals surface area contributed by atoms with E-state index in [1.54, 1.807) is 7.11 Å². The molecule has 5 nitrogen and oxygen atoms in total. The van der Waals surface area contributed by atoms with E-state index in [0.29, 0.717) is 26.1 Å². The fourth-order valence-electron chi connectivity index (χ4n) is 1.72. The number of halogens is 2. The van der Waals surface area contributed by atoms with Gasteiger partial charge in [0.05, 0.1) is 6.61 Å². The highest BCUT2D eigenvalue weighted by molar-refractivity contribution is 5.79. The summed E-state index contributed by atoms with van der Waals surface area (Å²) in [5.74, 6) is -1.63. The Balaban J connectivity index is 2.70. The lowest BCUT2D eigenvalue weighted by Crippen LogP contribution is -2.31. The molecule has 0 heterocycles. The van der Waals surface area contributed by atoms with Gasteiger partial charge in [0, 0.05) is 38.7 Å². The van der Waals surface area contributed by atoms with Gasteiger partial charge in [-0.25, -0.2) is 8.78 Å². The van der Waals surface area contributed by atoms with Crippen LogP contribution in [0, 0.1) is 11.6 Å². The summed E-state index contributed by atoms with van der Waals surface area (Å²) < 4.78 is 31.8. The van der Waals surface area contributed by atoms with Gasteiger partial charge < -0.3 is 15.7 Å². The Morgan fingerprint density at radius 1 is 1.40 bits per heavy atom. The third kappa shape index (κ3) is 5.10. The topological polar surface area (TPSA) is 71.1 Å². The second kappa shape index (κ2) is 8.44. The number of nitrogens with zero attached hydrogens (tertiary/aromatic N) is 2. The summed E-state index contributed by atoms with van der Waals surface area (Å²) in [7, 11) is 1.56. The Kier molecular flexibility index (Phi) is 6.89. The number of ether oxygens (including phenoxy) is 1. The van der Waals surface area contributed by atoms with Crippen molar-refractivity contribution < 1.29 is 18.7 Å². The third-order valence-electron chi connectivity index (χ3n) is 2.85. The summed E-state index contributed by atoms with van der Waals surface area (Å²) in [6.45, 7) is 1.67. The molecule has 20 heavy (non-hydrogen) atoms. The van der Waals surface area contributed by atoms with Crippen molar-refractivity contribution >= 4 is 5.84 Å². The number of nitrogens with two attached hydrogens (primary N) is 1. The van der Waals surface area contributed by atoms with E-state index in [1.807, 2.05) is 4.90 Å². The average molecular weight is 287 g/mol. The van der Waals surface area contributed by atoms with Crippen LogP contribution >= 0.6 is 0 Å². The van der Waals surface area contributed by atoms with E-state index in [0.717, 1.165) is 6.07 Å². The van der Waals surface area contributed by atoms with Crippen molar-refractivity contribution in [2.45, 2.75) is 13.0 Å². The SMILES string of the molecule is COCCN(CCC(N)=NO)Cc1cccc(F)c1F. The predicted octanol–water partition coefficient (Wildman–Crippen LogP) is 1.55. The van der Waals surface area contributed by atoms with Gasteiger partial charge in [0.2, 0.25) is 0 Å². The summed E-state index contributed by atoms with van der Waals surface area (Å²) >= 11 is 0. The third-order valence-corrected chi connectivity index (χ3v) is 2.85. The fourth-order valence-corrected chi connectivity index (χ4v) is 1.72. The van der Waals surface area contributed by atoms with Gasteiger partial charge in [-0.3, -0.25) is 4.90 Å². The van der Waals surface area contributed by atoms with Crippen LogP contribution in [0.1, 0.15) is 12.0 Å². The first-order valence-corrected chi connectivity index (χ1v) is 6.19. The maximum Gasteiger partial charge on any atom is 0.163 e. The number of hydrogen-bond donors (Lipinski definition) is 2. The summed E-state index contributed by atoms with van der Waals surface area (Å²) in [5.41, 5.74) is 5.67. The predicted molar refractivity (Wildman–Crippen MR) is 71.5 cm³/mol. The molecule has 1 rings (SSSR count). The Morgan fingerprint density at radius 3 is 2.80 bits per heavy atom. The smallest absolute Gasteiger partial charge is 0.163 e. The lowest BCUT2D eigenvalue weighted by atomic mass is 10.2. The summed E-state index contributed by atoms with van der Waals surface area (Å²) in [6.07, 6.45) is 0.331. The van der Waals surface area contributed by atoms with Crippen LogP contribution in [0.4, 0.5) is 8.78 Å². The minimum Gasteiger partial charge on any atom is -0.409 e. The van der Waals surface area contributed by atoms with Crippen LogP contribution in [0.5, 0.6) is 0 Å². The summed E-state index contributed by atoms with van der Waals surface area (Å²) in [6, 6.07) is 4.07. The number of hydrogen-bond acceptors (Lipinski definition) is 4. The maximum absolute atomic E-state index is 13.6. The van der Waals surface area contributed by atoms with E-state index in [2.05, 4.69) is 5.16 Å². The summed E-state index contributed by atoms with van der Waals surface area (Å²) in [4.78, 5) is 1.85. The highest BCUT2D eigenvalue weighted by atomic mass is 19.2. The minimum absolute atomic E-state index is 0.0899. The van der Waals surface area contributed by atoms with E-state index in [-0.39, 0.29) is 17.9 Å². The number of benzene rings is 1. The zero-order valence-corrected chi connectivity index (χ0v) is 11.4. The van der Waals surface area contributed by atoms with Crippen LogP contribution in [0.15, 0.2) is 23.4 Å². The van der Waals surface area contributed by atoms with Crippen LogP contribution in [0.2, 0.25) is 0 Å². The summed E-state index contributed by atoms with van der Waals surface area (Å²) in [5, 5.41) is 11.4. The van der Waals surface area contributed by atoms with E-state index >= 15 is 0 Å². The monoisotopic (exact) mass is 287 g/mol. The molecule has 112 valence electrons. The van der Waals surface area contributed by atoms with E-state index in [9.17, 15) is 8.78 Å². The number of methoxy groups -OCH3 is 1. The number of rotatable bonds is 8. The second-order valence-electron chi connectivity index (χ2n) is 4.32. The van der Waals surface area contributed by atoms with E-state index in [1.165, 1.54) is 12.1 Å². The van der Waals surface area contributed by atoms with Crippen molar-refractivity contribution in [1.29, 1.82) is 0 Å². The number of oxime groups is 1. The fraction of sp³-hybridized carbons (Fsp3) is 0.462. The van der Waals surface area contributed by atoms with Crippen LogP contribution in [-0.2, 0) is 11.3 Å². The molecule has 0 aliphatic rings. The van der Waals surface area contributed by atoms with E-state index < -0.39 is 11.6 Å². The molecule has 3 N–H and O–H groups in total. The van der Waals surface area contributed by atoms with Crippen molar-refractivity contribution in [3.63, 3.8) is 0 Å². The molecule has 7 heteroatoms. The van der Waals surface area contributed by atoms with Crippen molar-refractivity contribution in [3.8, 4) is 0 Å². The molecule has 0 atom stereocenters. The van der Waals surface area contributed by atoms with Crippen LogP contribution in [-0.4, -0.2) is 42.7 Å².